The summed E-state index contributed by atoms with van der Waals surface area (Å²) in [6, 6.07) is -1.24. The lowest BCUT2D eigenvalue weighted by Gasteiger charge is -2.27. The van der Waals surface area contributed by atoms with Crippen LogP contribution in [0.15, 0.2) is 0 Å². The highest BCUT2D eigenvalue weighted by Gasteiger charge is 2.32. The molecule has 0 aromatic heterocycles. The maximum Gasteiger partial charge on any atom is 0.325 e. The third-order valence-electron chi connectivity index (χ3n) is 3.76. The Balaban J connectivity index is 2.34. The fourth-order valence-corrected chi connectivity index (χ4v) is 2.36. The fraction of sp³-hybridized carbons (Fsp3) is 0.833. The fourth-order valence-electron chi connectivity index (χ4n) is 2.36. The molecule has 1 fully saturated rings. The Morgan fingerprint density at radius 2 is 1.94 bits per heavy atom. The molecule has 0 aromatic carbocycles. The van der Waals surface area contributed by atoms with E-state index in [0.717, 1.165) is 19.3 Å². The van der Waals surface area contributed by atoms with Crippen molar-refractivity contribution >= 4 is 12.0 Å². The largest absolute Gasteiger partial charge is 0.480 e. The smallest absolute Gasteiger partial charge is 0.325 e. The number of carbonyl (C=O) groups excluding carboxylic acids is 1. The third-order valence-corrected chi connectivity index (χ3v) is 3.76. The van der Waals surface area contributed by atoms with Crippen molar-refractivity contribution < 1.29 is 14.7 Å². The molecule has 0 unspecified atom stereocenters. The molecule has 2 amide bonds. The summed E-state index contributed by atoms with van der Waals surface area (Å²) in [4.78, 5) is 22.1. The Kier molecular flexibility index (Phi) is 4.78. The summed E-state index contributed by atoms with van der Waals surface area (Å²) in [5.41, 5.74) is 0.226. The van der Waals surface area contributed by atoms with Gasteiger partial charge in [0.15, 0.2) is 0 Å². The summed E-state index contributed by atoms with van der Waals surface area (Å²) in [7, 11) is 0. The number of urea groups is 1. The van der Waals surface area contributed by atoms with Crippen LogP contribution in [0.2, 0.25) is 0 Å². The molecule has 3 N–H and O–H groups in total. The Bertz CT molecular complexity index is 285. The first kappa shape index (κ1) is 13.8. The highest BCUT2D eigenvalue weighted by atomic mass is 16.4. The van der Waals surface area contributed by atoms with Gasteiger partial charge >= 0.3 is 12.0 Å². The first-order valence-electron chi connectivity index (χ1n) is 6.26. The first-order chi connectivity index (χ1) is 7.99. The topological polar surface area (TPSA) is 78.4 Å². The molecule has 98 valence electrons. The summed E-state index contributed by atoms with van der Waals surface area (Å²) >= 11 is 0. The minimum Gasteiger partial charge on any atom is -0.480 e. The maximum absolute atomic E-state index is 11.5. The van der Waals surface area contributed by atoms with Crippen LogP contribution in [0.4, 0.5) is 4.79 Å². The van der Waals surface area contributed by atoms with E-state index in [1.807, 2.05) is 0 Å². The zero-order valence-electron chi connectivity index (χ0n) is 10.6. The molecule has 0 spiro atoms. The molecule has 1 aliphatic rings. The molecular formula is C12H22N2O3. The number of carbonyl (C=O) groups is 2. The van der Waals surface area contributed by atoms with Gasteiger partial charge in [-0.15, -0.1) is 0 Å². The molecule has 1 atom stereocenters. The number of nitrogens with one attached hydrogen (secondary N) is 2. The average Bonchev–Trinajstić information content (AvgIpc) is 2.75. The quantitative estimate of drug-likeness (QED) is 0.687. The van der Waals surface area contributed by atoms with Gasteiger partial charge in [-0.25, -0.2) is 4.79 Å². The Morgan fingerprint density at radius 3 is 2.41 bits per heavy atom. The van der Waals surface area contributed by atoms with E-state index < -0.39 is 12.0 Å². The molecular weight excluding hydrogens is 220 g/mol. The molecule has 0 heterocycles. The van der Waals surface area contributed by atoms with Crippen LogP contribution in [0.1, 0.15) is 46.0 Å². The van der Waals surface area contributed by atoms with Gasteiger partial charge in [-0.2, -0.15) is 0 Å². The molecule has 0 bridgehead atoms. The molecule has 17 heavy (non-hydrogen) atoms. The van der Waals surface area contributed by atoms with Gasteiger partial charge in [-0.1, -0.05) is 19.8 Å². The molecule has 5 heteroatoms. The van der Waals surface area contributed by atoms with Gasteiger partial charge in [0.1, 0.15) is 6.04 Å². The SMILES string of the molecule is CCC1(CNC(=O)N[C@@H](C)C(=O)O)CCCC1. The van der Waals surface area contributed by atoms with E-state index in [4.69, 9.17) is 5.11 Å². The molecule has 5 nitrogen and oxygen atoms in total. The van der Waals surface area contributed by atoms with Crippen LogP contribution >= 0.6 is 0 Å². The van der Waals surface area contributed by atoms with E-state index >= 15 is 0 Å². The van der Waals surface area contributed by atoms with Gasteiger partial charge in [-0.05, 0) is 31.6 Å². The van der Waals surface area contributed by atoms with E-state index in [9.17, 15) is 9.59 Å². The van der Waals surface area contributed by atoms with Gasteiger partial charge in [0.2, 0.25) is 0 Å². The number of aliphatic carboxylic acids is 1. The van der Waals surface area contributed by atoms with Crippen LogP contribution in [0.3, 0.4) is 0 Å². The van der Waals surface area contributed by atoms with E-state index in [1.165, 1.54) is 19.8 Å². The number of carboxylic acid groups (broad SMARTS) is 1. The van der Waals surface area contributed by atoms with Gasteiger partial charge < -0.3 is 15.7 Å². The van der Waals surface area contributed by atoms with E-state index in [-0.39, 0.29) is 11.4 Å². The second-order valence-corrected chi connectivity index (χ2v) is 4.95. The third kappa shape index (κ3) is 3.91. The minimum atomic E-state index is -1.02. The second-order valence-electron chi connectivity index (χ2n) is 4.95. The van der Waals surface area contributed by atoms with Crippen molar-refractivity contribution in [1.29, 1.82) is 0 Å². The van der Waals surface area contributed by atoms with Crippen LogP contribution in [0.5, 0.6) is 0 Å². The van der Waals surface area contributed by atoms with Gasteiger partial charge in [-0.3, -0.25) is 4.79 Å². The van der Waals surface area contributed by atoms with Gasteiger partial charge in [0.05, 0.1) is 0 Å². The molecule has 0 aromatic rings. The first-order valence-corrected chi connectivity index (χ1v) is 6.26. The Labute approximate surface area is 102 Å². The van der Waals surface area contributed by atoms with Crippen molar-refractivity contribution in [2.45, 2.75) is 52.0 Å². The van der Waals surface area contributed by atoms with Crippen molar-refractivity contribution in [2.24, 2.45) is 5.41 Å². The number of carboxylic acids is 1. The van der Waals surface area contributed by atoms with Crippen LogP contribution in [-0.4, -0.2) is 29.7 Å². The molecule has 1 rings (SSSR count). The van der Waals surface area contributed by atoms with Crippen LogP contribution in [0, 0.1) is 5.41 Å². The van der Waals surface area contributed by atoms with Crippen LogP contribution in [-0.2, 0) is 4.79 Å². The molecule has 1 aliphatic carbocycles. The lowest BCUT2D eigenvalue weighted by molar-refractivity contribution is -0.138. The maximum atomic E-state index is 11.5. The number of hydrogen-bond donors (Lipinski definition) is 3. The lowest BCUT2D eigenvalue weighted by atomic mass is 9.83. The average molecular weight is 242 g/mol. The summed E-state index contributed by atoms with van der Waals surface area (Å²) in [5.74, 6) is -1.02. The predicted octanol–water partition coefficient (Wildman–Crippen LogP) is 1.73. The number of amides is 2. The van der Waals surface area contributed by atoms with Crippen molar-refractivity contribution in [3.8, 4) is 0 Å². The standard InChI is InChI=1S/C12H22N2O3/c1-3-12(6-4-5-7-12)8-13-11(17)14-9(2)10(15)16/h9H,3-8H2,1-2H3,(H,15,16)(H2,13,14,17)/t9-/m0/s1. The van der Waals surface area contributed by atoms with Gasteiger partial charge in [0.25, 0.3) is 0 Å². The highest BCUT2D eigenvalue weighted by molar-refractivity contribution is 5.82. The van der Waals surface area contributed by atoms with Crippen molar-refractivity contribution in [2.75, 3.05) is 6.54 Å². The predicted molar refractivity (Wildman–Crippen MR) is 64.8 cm³/mol. The Hall–Kier alpha value is -1.26. The summed E-state index contributed by atoms with van der Waals surface area (Å²) in [6.07, 6.45) is 5.81. The van der Waals surface area contributed by atoms with Gasteiger partial charge in [0, 0.05) is 6.54 Å². The Morgan fingerprint density at radius 1 is 1.35 bits per heavy atom. The zero-order chi connectivity index (χ0) is 12.9. The number of rotatable bonds is 5. The molecule has 1 saturated carbocycles. The molecule has 0 radical (unpaired) electrons. The van der Waals surface area contributed by atoms with Crippen LogP contribution in [0.25, 0.3) is 0 Å². The van der Waals surface area contributed by atoms with E-state index in [0.29, 0.717) is 6.54 Å². The zero-order valence-corrected chi connectivity index (χ0v) is 10.6. The van der Waals surface area contributed by atoms with E-state index in [2.05, 4.69) is 17.6 Å². The summed E-state index contributed by atoms with van der Waals surface area (Å²) < 4.78 is 0. The van der Waals surface area contributed by atoms with Crippen molar-refractivity contribution in [3.63, 3.8) is 0 Å². The second kappa shape index (κ2) is 5.89. The minimum absolute atomic E-state index is 0.226. The van der Waals surface area contributed by atoms with Crippen LogP contribution < -0.4 is 10.6 Å². The van der Waals surface area contributed by atoms with E-state index in [1.54, 1.807) is 0 Å². The summed E-state index contributed by atoms with van der Waals surface area (Å²) in [5, 5.41) is 13.8. The van der Waals surface area contributed by atoms with Crippen molar-refractivity contribution in [3.05, 3.63) is 0 Å². The molecule has 0 aliphatic heterocycles. The lowest BCUT2D eigenvalue weighted by Crippen LogP contribution is -2.47. The summed E-state index contributed by atoms with van der Waals surface area (Å²) in [6.45, 7) is 4.24. The number of hydrogen-bond acceptors (Lipinski definition) is 2. The monoisotopic (exact) mass is 242 g/mol. The van der Waals surface area contributed by atoms with Crippen molar-refractivity contribution in [1.82, 2.24) is 10.6 Å². The highest BCUT2D eigenvalue weighted by Crippen LogP contribution is 2.40. The molecule has 0 saturated heterocycles. The normalized spacial score (nSPS) is 19.6.